The summed E-state index contributed by atoms with van der Waals surface area (Å²) < 4.78 is 51.7. The number of carbonyl (C=O) groups excluding carboxylic acids is 1. The standard InChI is InChI=1S/C21H25F3N4O3/c1-13-11-28(12-18(31-13)20(29)27-10-14-9-25-7-8-30-14)17-5-4-16(21(22,23)24)19-15(17)3-2-6-26-19/h2-6,13-14,18,25H,7-12H2,1H3,(H,27,29)/t13-,14?,18-/m1/s1. The number of nitrogens with one attached hydrogen (secondary N) is 2. The van der Waals surface area contributed by atoms with Crippen LogP contribution in [0, 0.1) is 0 Å². The molecule has 2 saturated heterocycles. The van der Waals surface area contributed by atoms with E-state index < -0.39 is 17.8 Å². The number of pyridine rings is 1. The van der Waals surface area contributed by atoms with E-state index in [1.807, 2.05) is 11.8 Å². The van der Waals surface area contributed by atoms with Gasteiger partial charge in [0.15, 0.2) is 6.10 Å². The third-order valence-electron chi connectivity index (χ3n) is 5.45. The van der Waals surface area contributed by atoms with E-state index in [2.05, 4.69) is 15.6 Å². The van der Waals surface area contributed by atoms with Crippen molar-refractivity contribution in [3.63, 3.8) is 0 Å². The van der Waals surface area contributed by atoms with E-state index in [0.717, 1.165) is 12.6 Å². The van der Waals surface area contributed by atoms with Crippen molar-refractivity contribution in [2.75, 3.05) is 44.2 Å². The van der Waals surface area contributed by atoms with Crippen molar-refractivity contribution in [1.29, 1.82) is 0 Å². The average molecular weight is 438 g/mol. The summed E-state index contributed by atoms with van der Waals surface area (Å²) in [4.78, 5) is 18.6. The maximum absolute atomic E-state index is 13.4. The van der Waals surface area contributed by atoms with Gasteiger partial charge in [-0.15, -0.1) is 0 Å². The third-order valence-corrected chi connectivity index (χ3v) is 5.45. The Morgan fingerprint density at radius 3 is 2.90 bits per heavy atom. The normalized spacial score (nSPS) is 24.9. The second kappa shape index (κ2) is 8.97. The Morgan fingerprint density at radius 2 is 2.16 bits per heavy atom. The quantitative estimate of drug-likeness (QED) is 0.760. The smallest absolute Gasteiger partial charge is 0.374 e. The van der Waals surface area contributed by atoms with E-state index in [4.69, 9.17) is 9.47 Å². The molecule has 0 radical (unpaired) electrons. The van der Waals surface area contributed by atoms with Crippen molar-refractivity contribution in [2.24, 2.45) is 0 Å². The number of rotatable bonds is 4. The number of benzene rings is 1. The zero-order valence-corrected chi connectivity index (χ0v) is 17.1. The number of morpholine rings is 2. The molecular weight excluding hydrogens is 413 g/mol. The Morgan fingerprint density at radius 1 is 1.32 bits per heavy atom. The number of aromatic nitrogens is 1. The Balaban J connectivity index is 1.53. The number of anilines is 1. The number of nitrogens with zero attached hydrogens (tertiary/aromatic N) is 2. The van der Waals surface area contributed by atoms with Gasteiger partial charge in [-0.05, 0) is 31.2 Å². The van der Waals surface area contributed by atoms with Crippen molar-refractivity contribution in [1.82, 2.24) is 15.6 Å². The molecule has 3 heterocycles. The minimum atomic E-state index is -4.50. The molecule has 3 atom stereocenters. The topological polar surface area (TPSA) is 75.7 Å². The number of carbonyl (C=O) groups is 1. The summed E-state index contributed by atoms with van der Waals surface area (Å²) in [5.74, 6) is -0.264. The molecule has 2 aromatic rings. The van der Waals surface area contributed by atoms with Gasteiger partial charge in [0, 0.05) is 43.4 Å². The molecule has 31 heavy (non-hydrogen) atoms. The molecule has 7 nitrogen and oxygen atoms in total. The highest BCUT2D eigenvalue weighted by molar-refractivity contribution is 5.94. The molecule has 168 valence electrons. The van der Waals surface area contributed by atoms with E-state index in [1.165, 1.54) is 12.3 Å². The van der Waals surface area contributed by atoms with E-state index >= 15 is 0 Å². The Bertz CT molecular complexity index is 934. The van der Waals surface area contributed by atoms with Gasteiger partial charge in [-0.2, -0.15) is 13.2 Å². The van der Waals surface area contributed by atoms with Gasteiger partial charge in [-0.25, -0.2) is 0 Å². The molecule has 1 aromatic heterocycles. The van der Waals surface area contributed by atoms with Crippen LogP contribution in [0.5, 0.6) is 0 Å². The first-order valence-corrected chi connectivity index (χ1v) is 10.3. The average Bonchev–Trinajstić information content (AvgIpc) is 2.76. The van der Waals surface area contributed by atoms with E-state index in [9.17, 15) is 18.0 Å². The van der Waals surface area contributed by atoms with Gasteiger partial charge >= 0.3 is 6.18 Å². The number of hydrogen-bond acceptors (Lipinski definition) is 6. The lowest BCUT2D eigenvalue weighted by Gasteiger charge is -2.38. The molecule has 0 aliphatic carbocycles. The zero-order chi connectivity index (χ0) is 22.0. The summed E-state index contributed by atoms with van der Waals surface area (Å²) in [5.41, 5.74) is -0.276. The fourth-order valence-corrected chi connectivity index (χ4v) is 4.03. The second-order valence-corrected chi connectivity index (χ2v) is 7.81. The Hall–Kier alpha value is -2.43. The number of alkyl halides is 3. The first-order chi connectivity index (χ1) is 14.8. The molecule has 0 spiro atoms. The predicted octanol–water partition coefficient (Wildman–Crippen LogP) is 1.95. The Kier molecular flexibility index (Phi) is 6.31. The predicted molar refractivity (Wildman–Crippen MR) is 109 cm³/mol. The number of fused-ring (bicyclic) bond motifs is 1. The van der Waals surface area contributed by atoms with Crippen molar-refractivity contribution in [2.45, 2.75) is 31.4 Å². The molecular formula is C21H25F3N4O3. The lowest BCUT2D eigenvalue weighted by atomic mass is 10.0. The summed E-state index contributed by atoms with van der Waals surface area (Å²) in [7, 11) is 0. The van der Waals surface area contributed by atoms with Crippen LogP contribution in [-0.2, 0) is 20.4 Å². The lowest BCUT2D eigenvalue weighted by molar-refractivity contribution is -0.138. The van der Waals surface area contributed by atoms with E-state index in [0.29, 0.717) is 37.3 Å². The van der Waals surface area contributed by atoms with Gasteiger partial charge in [-0.1, -0.05) is 0 Å². The van der Waals surface area contributed by atoms with Crippen LogP contribution >= 0.6 is 0 Å². The highest BCUT2D eigenvalue weighted by Gasteiger charge is 2.36. The SMILES string of the molecule is C[C@@H]1CN(c2ccc(C(F)(F)F)c3ncccc23)C[C@H](C(=O)NCC2CNCCO2)O1. The monoisotopic (exact) mass is 438 g/mol. The summed E-state index contributed by atoms with van der Waals surface area (Å²) in [6.07, 6.45) is -4.26. The summed E-state index contributed by atoms with van der Waals surface area (Å²) in [6, 6.07) is 5.72. The van der Waals surface area contributed by atoms with Crippen LogP contribution in [0.2, 0.25) is 0 Å². The highest BCUT2D eigenvalue weighted by atomic mass is 19.4. The third kappa shape index (κ3) is 4.91. The highest BCUT2D eigenvalue weighted by Crippen LogP contribution is 2.38. The first kappa shape index (κ1) is 21.8. The van der Waals surface area contributed by atoms with Crippen LogP contribution in [0.1, 0.15) is 12.5 Å². The number of halogens is 3. The second-order valence-electron chi connectivity index (χ2n) is 7.81. The van der Waals surface area contributed by atoms with Crippen LogP contribution in [0.4, 0.5) is 18.9 Å². The molecule has 0 saturated carbocycles. The summed E-state index contributed by atoms with van der Waals surface area (Å²) in [6.45, 7) is 4.94. The molecule has 1 unspecified atom stereocenters. The molecule has 0 bridgehead atoms. The summed E-state index contributed by atoms with van der Waals surface area (Å²) in [5, 5.41) is 6.46. The van der Waals surface area contributed by atoms with Crippen LogP contribution in [-0.4, -0.2) is 68.5 Å². The summed E-state index contributed by atoms with van der Waals surface area (Å²) >= 11 is 0. The zero-order valence-electron chi connectivity index (χ0n) is 17.1. The number of ether oxygens (including phenoxy) is 2. The molecule has 2 aliphatic rings. The van der Waals surface area contributed by atoms with Crippen molar-refractivity contribution in [3.05, 3.63) is 36.0 Å². The Labute approximate surface area is 177 Å². The minimum absolute atomic E-state index is 0.0975. The maximum Gasteiger partial charge on any atom is 0.418 e. The van der Waals surface area contributed by atoms with Crippen molar-refractivity contribution in [3.8, 4) is 0 Å². The molecule has 4 rings (SSSR count). The lowest BCUT2D eigenvalue weighted by Crippen LogP contribution is -2.54. The van der Waals surface area contributed by atoms with Crippen LogP contribution in [0.3, 0.4) is 0 Å². The number of amides is 1. The molecule has 2 aliphatic heterocycles. The van der Waals surface area contributed by atoms with E-state index in [1.54, 1.807) is 12.1 Å². The van der Waals surface area contributed by atoms with Gasteiger partial charge in [0.2, 0.25) is 0 Å². The van der Waals surface area contributed by atoms with Crippen molar-refractivity contribution < 1.29 is 27.4 Å². The maximum atomic E-state index is 13.4. The fourth-order valence-electron chi connectivity index (χ4n) is 4.03. The molecule has 10 heteroatoms. The van der Waals surface area contributed by atoms with Gasteiger partial charge in [0.05, 0.1) is 36.4 Å². The van der Waals surface area contributed by atoms with E-state index in [-0.39, 0.29) is 30.2 Å². The minimum Gasteiger partial charge on any atom is -0.374 e. The van der Waals surface area contributed by atoms with Crippen LogP contribution < -0.4 is 15.5 Å². The van der Waals surface area contributed by atoms with Gasteiger partial charge in [-0.3, -0.25) is 9.78 Å². The number of hydrogen-bond donors (Lipinski definition) is 2. The van der Waals surface area contributed by atoms with Crippen molar-refractivity contribution >= 4 is 22.5 Å². The molecule has 2 N–H and O–H groups in total. The first-order valence-electron chi connectivity index (χ1n) is 10.3. The van der Waals surface area contributed by atoms with Crippen LogP contribution in [0.15, 0.2) is 30.5 Å². The van der Waals surface area contributed by atoms with Crippen LogP contribution in [0.25, 0.3) is 10.9 Å². The molecule has 1 amide bonds. The van der Waals surface area contributed by atoms with Gasteiger partial charge in [0.1, 0.15) is 0 Å². The molecule has 1 aromatic carbocycles. The fraction of sp³-hybridized carbons (Fsp3) is 0.524. The van der Waals surface area contributed by atoms with Gasteiger partial charge in [0.25, 0.3) is 5.91 Å². The molecule has 2 fully saturated rings. The van der Waals surface area contributed by atoms with Gasteiger partial charge < -0.3 is 25.0 Å². The largest absolute Gasteiger partial charge is 0.418 e.